The van der Waals surface area contributed by atoms with Crippen LogP contribution in [0.2, 0.25) is 0 Å². The quantitative estimate of drug-likeness (QED) is 0.797. The summed E-state index contributed by atoms with van der Waals surface area (Å²) in [5, 5.41) is 0. The number of carbonyl (C=O) groups excluding carboxylic acids is 1. The summed E-state index contributed by atoms with van der Waals surface area (Å²) >= 11 is 0. The van der Waals surface area contributed by atoms with Gasteiger partial charge in [0.25, 0.3) is 15.9 Å². The first-order valence-corrected chi connectivity index (χ1v) is 10.2. The Bertz CT molecular complexity index is 892. The number of benzene rings is 2. The Morgan fingerprint density at radius 2 is 1.85 bits per heavy atom. The minimum Gasteiger partial charge on any atom is -0.342 e. The fourth-order valence-corrected chi connectivity index (χ4v) is 3.70. The van der Waals surface area contributed by atoms with Gasteiger partial charge in [-0.25, -0.2) is 8.42 Å². The van der Waals surface area contributed by atoms with Gasteiger partial charge in [0.2, 0.25) is 0 Å². The molecule has 26 heavy (non-hydrogen) atoms. The van der Waals surface area contributed by atoms with Gasteiger partial charge < -0.3 is 4.90 Å². The molecule has 0 radical (unpaired) electrons. The summed E-state index contributed by atoms with van der Waals surface area (Å²) in [4.78, 5) is 14.4. The number of aryl methyl sites for hydroxylation is 2. The molecule has 1 amide bonds. The van der Waals surface area contributed by atoms with E-state index >= 15 is 0 Å². The van der Waals surface area contributed by atoms with Gasteiger partial charge in [-0.15, -0.1) is 0 Å². The molecule has 0 aliphatic rings. The van der Waals surface area contributed by atoms with E-state index in [-0.39, 0.29) is 10.8 Å². The van der Waals surface area contributed by atoms with E-state index in [2.05, 4.69) is 11.6 Å². The predicted molar refractivity (Wildman–Crippen MR) is 105 cm³/mol. The lowest BCUT2D eigenvalue weighted by atomic mass is 10.1. The number of nitrogens with one attached hydrogen (secondary N) is 1. The molecule has 6 heteroatoms. The largest absolute Gasteiger partial charge is 0.342 e. The van der Waals surface area contributed by atoms with Crippen LogP contribution in [0.15, 0.2) is 47.4 Å². The lowest BCUT2D eigenvalue weighted by Gasteiger charge is -2.19. The van der Waals surface area contributed by atoms with Crippen molar-refractivity contribution in [2.45, 2.75) is 38.5 Å². The van der Waals surface area contributed by atoms with Crippen molar-refractivity contribution in [3.63, 3.8) is 0 Å². The molecule has 0 atom stereocenters. The van der Waals surface area contributed by atoms with Gasteiger partial charge in [0.15, 0.2) is 0 Å². The molecule has 2 rings (SSSR count). The van der Waals surface area contributed by atoms with E-state index in [4.69, 9.17) is 0 Å². The van der Waals surface area contributed by atoms with Gasteiger partial charge in [-0.05, 0) is 55.7 Å². The smallest absolute Gasteiger partial charge is 0.261 e. The Labute approximate surface area is 156 Å². The number of hydrogen-bond donors (Lipinski definition) is 1. The first-order chi connectivity index (χ1) is 12.2. The molecule has 0 unspecified atom stereocenters. The van der Waals surface area contributed by atoms with E-state index in [9.17, 15) is 13.2 Å². The van der Waals surface area contributed by atoms with Crippen LogP contribution < -0.4 is 4.72 Å². The molecule has 0 spiro atoms. The number of unbranched alkanes of at least 4 members (excludes halogenated alkanes) is 1. The van der Waals surface area contributed by atoms with Gasteiger partial charge in [-0.3, -0.25) is 9.52 Å². The van der Waals surface area contributed by atoms with E-state index in [0.717, 1.165) is 24.0 Å². The van der Waals surface area contributed by atoms with Crippen molar-refractivity contribution in [3.05, 3.63) is 59.2 Å². The molecule has 5 nitrogen and oxygen atoms in total. The minimum absolute atomic E-state index is 0.0804. The SMILES string of the molecule is CCCCN(C)C(=O)c1cc(S(=O)(=O)Nc2cccc(C)c2)ccc1C. The van der Waals surface area contributed by atoms with Gasteiger partial charge in [0.05, 0.1) is 4.90 Å². The number of sulfonamides is 1. The van der Waals surface area contributed by atoms with Crippen molar-refractivity contribution in [2.24, 2.45) is 0 Å². The van der Waals surface area contributed by atoms with Gasteiger partial charge >= 0.3 is 0 Å². The molecule has 0 fully saturated rings. The fourth-order valence-electron chi connectivity index (χ4n) is 2.62. The normalized spacial score (nSPS) is 11.2. The lowest BCUT2D eigenvalue weighted by molar-refractivity contribution is 0.0792. The first kappa shape index (κ1) is 20.0. The highest BCUT2D eigenvalue weighted by molar-refractivity contribution is 7.92. The van der Waals surface area contributed by atoms with Crippen LogP contribution in [0.5, 0.6) is 0 Å². The third kappa shape index (κ3) is 4.85. The number of hydrogen-bond acceptors (Lipinski definition) is 3. The maximum atomic E-state index is 12.7. The molecule has 0 aliphatic carbocycles. The maximum Gasteiger partial charge on any atom is 0.261 e. The van der Waals surface area contributed by atoms with Crippen LogP contribution in [0.25, 0.3) is 0 Å². The Kier molecular flexibility index (Phi) is 6.42. The highest BCUT2D eigenvalue weighted by Crippen LogP contribution is 2.21. The third-order valence-corrected chi connectivity index (χ3v) is 5.59. The summed E-state index contributed by atoms with van der Waals surface area (Å²) in [6, 6.07) is 11.8. The average Bonchev–Trinajstić information content (AvgIpc) is 2.58. The van der Waals surface area contributed by atoms with Crippen LogP contribution >= 0.6 is 0 Å². The van der Waals surface area contributed by atoms with Gasteiger partial charge in [0.1, 0.15) is 0 Å². The molecular formula is C20H26N2O3S. The van der Waals surface area contributed by atoms with Crippen LogP contribution in [0, 0.1) is 13.8 Å². The van der Waals surface area contributed by atoms with Gasteiger partial charge in [-0.1, -0.05) is 31.5 Å². The summed E-state index contributed by atoms with van der Waals surface area (Å²) in [7, 11) is -2.03. The van der Waals surface area contributed by atoms with E-state index < -0.39 is 10.0 Å². The molecular weight excluding hydrogens is 348 g/mol. The Balaban J connectivity index is 2.31. The third-order valence-electron chi connectivity index (χ3n) is 4.21. The van der Waals surface area contributed by atoms with Crippen molar-refractivity contribution in [1.29, 1.82) is 0 Å². The Morgan fingerprint density at radius 1 is 1.12 bits per heavy atom. The second-order valence-corrected chi connectivity index (χ2v) is 8.21. The summed E-state index contributed by atoms with van der Waals surface area (Å²) in [5.41, 5.74) is 2.63. The summed E-state index contributed by atoms with van der Waals surface area (Å²) in [6.07, 6.45) is 1.90. The zero-order chi connectivity index (χ0) is 19.3. The predicted octanol–water partition coefficient (Wildman–Crippen LogP) is 3.98. The number of amides is 1. The summed E-state index contributed by atoms with van der Waals surface area (Å²) in [5.74, 6) is -0.163. The molecule has 0 heterocycles. The second-order valence-electron chi connectivity index (χ2n) is 6.53. The molecule has 0 saturated carbocycles. The standard InChI is InChI=1S/C20H26N2O3S/c1-5-6-12-22(4)20(23)19-14-18(11-10-16(19)3)26(24,25)21-17-9-7-8-15(2)13-17/h7-11,13-14,21H,5-6,12H2,1-4H3. The molecule has 0 aromatic heterocycles. The van der Waals surface area contributed by atoms with Crippen LogP contribution in [0.4, 0.5) is 5.69 Å². The van der Waals surface area contributed by atoms with Crippen molar-refractivity contribution in [2.75, 3.05) is 18.3 Å². The highest BCUT2D eigenvalue weighted by atomic mass is 32.2. The molecule has 0 aliphatic heterocycles. The second kappa shape index (κ2) is 8.36. The fraction of sp³-hybridized carbons (Fsp3) is 0.350. The molecule has 2 aromatic carbocycles. The van der Waals surface area contributed by atoms with Crippen LogP contribution in [0.3, 0.4) is 0 Å². The van der Waals surface area contributed by atoms with Crippen LogP contribution in [-0.2, 0) is 10.0 Å². The van der Waals surface area contributed by atoms with Gasteiger partial charge in [-0.2, -0.15) is 0 Å². The summed E-state index contributed by atoms with van der Waals surface area (Å²) < 4.78 is 28.0. The van der Waals surface area contributed by atoms with Crippen molar-refractivity contribution < 1.29 is 13.2 Å². The molecule has 0 saturated heterocycles. The van der Waals surface area contributed by atoms with Crippen molar-refractivity contribution >= 4 is 21.6 Å². The van der Waals surface area contributed by atoms with Crippen molar-refractivity contribution in [1.82, 2.24) is 4.90 Å². The summed E-state index contributed by atoms with van der Waals surface area (Å²) in [6.45, 7) is 6.42. The molecule has 140 valence electrons. The van der Waals surface area contributed by atoms with E-state index in [0.29, 0.717) is 17.8 Å². The zero-order valence-electron chi connectivity index (χ0n) is 15.7. The van der Waals surface area contributed by atoms with Crippen molar-refractivity contribution in [3.8, 4) is 0 Å². The Hall–Kier alpha value is -2.34. The van der Waals surface area contributed by atoms with Crippen LogP contribution in [0.1, 0.15) is 41.3 Å². The van der Waals surface area contributed by atoms with E-state index in [1.807, 2.05) is 19.9 Å². The maximum absolute atomic E-state index is 12.7. The highest BCUT2D eigenvalue weighted by Gasteiger charge is 2.20. The average molecular weight is 375 g/mol. The van der Waals surface area contributed by atoms with Gasteiger partial charge in [0, 0.05) is 24.8 Å². The molecule has 0 bridgehead atoms. The Morgan fingerprint density at radius 3 is 2.50 bits per heavy atom. The van der Waals surface area contributed by atoms with E-state index in [1.165, 1.54) is 12.1 Å². The monoisotopic (exact) mass is 374 g/mol. The number of rotatable bonds is 7. The minimum atomic E-state index is -3.77. The molecule has 2 aromatic rings. The van der Waals surface area contributed by atoms with E-state index in [1.54, 1.807) is 36.2 Å². The number of anilines is 1. The zero-order valence-corrected chi connectivity index (χ0v) is 16.6. The number of nitrogens with zero attached hydrogens (tertiary/aromatic N) is 1. The molecule has 1 N–H and O–H groups in total. The topological polar surface area (TPSA) is 66.5 Å². The first-order valence-electron chi connectivity index (χ1n) is 8.70. The lowest BCUT2D eigenvalue weighted by Crippen LogP contribution is -2.28. The van der Waals surface area contributed by atoms with Crippen LogP contribution in [-0.4, -0.2) is 32.8 Å². The number of carbonyl (C=O) groups is 1.